The maximum absolute atomic E-state index is 9.35. The SMILES string of the molecule is CCCc1[nH+]c(N)c(C#N)c(-c2ccco2)c1CC. The van der Waals surface area contributed by atoms with Gasteiger partial charge in [0.25, 0.3) is 5.82 Å². The summed E-state index contributed by atoms with van der Waals surface area (Å²) in [6.07, 6.45) is 4.37. The Morgan fingerprint density at radius 2 is 2.21 bits per heavy atom. The maximum Gasteiger partial charge on any atom is 0.289 e. The first-order chi connectivity index (χ1) is 9.22. The molecular formula is C15H18N3O+. The third-order valence-corrected chi connectivity index (χ3v) is 3.20. The van der Waals surface area contributed by atoms with E-state index in [9.17, 15) is 5.26 Å². The molecule has 0 bridgehead atoms. The van der Waals surface area contributed by atoms with E-state index in [1.807, 2.05) is 12.1 Å². The predicted octanol–water partition coefficient (Wildman–Crippen LogP) is 2.73. The average molecular weight is 256 g/mol. The van der Waals surface area contributed by atoms with Crippen LogP contribution in [-0.4, -0.2) is 0 Å². The first kappa shape index (κ1) is 13.2. The Morgan fingerprint density at radius 1 is 1.42 bits per heavy atom. The van der Waals surface area contributed by atoms with E-state index in [2.05, 4.69) is 24.9 Å². The van der Waals surface area contributed by atoms with Gasteiger partial charge >= 0.3 is 0 Å². The van der Waals surface area contributed by atoms with E-state index < -0.39 is 0 Å². The summed E-state index contributed by atoms with van der Waals surface area (Å²) in [6.45, 7) is 4.19. The van der Waals surface area contributed by atoms with Gasteiger partial charge in [-0.1, -0.05) is 13.8 Å². The molecule has 2 aromatic heterocycles. The van der Waals surface area contributed by atoms with Crippen molar-refractivity contribution in [1.29, 1.82) is 5.26 Å². The minimum Gasteiger partial charge on any atom is -0.464 e. The number of rotatable bonds is 4. The molecule has 0 aliphatic heterocycles. The molecule has 19 heavy (non-hydrogen) atoms. The Kier molecular flexibility index (Phi) is 3.86. The zero-order valence-corrected chi connectivity index (χ0v) is 11.3. The zero-order valence-electron chi connectivity index (χ0n) is 11.3. The van der Waals surface area contributed by atoms with E-state index in [0.29, 0.717) is 17.1 Å². The number of aromatic amines is 1. The van der Waals surface area contributed by atoms with Crippen LogP contribution in [0.2, 0.25) is 0 Å². The summed E-state index contributed by atoms with van der Waals surface area (Å²) < 4.78 is 5.47. The van der Waals surface area contributed by atoms with Gasteiger partial charge < -0.3 is 4.42 Å². The highest BCUT2D eigenvalue weighted by molar-refractivity contribution is 5.74. The number of H-pyrrole nitrogens is 1. The molecule has 0 radical (unpaired) electrons. The monoisotopic (exact) mass is 256 g/mol. The molecule has 0 unspecified atom stereocenters. The first-order valence-corrected chi connectivity index (χ1v) is 6.53. The zero-order chi connectivity index (χ0) is 13.8. The van der Waals surface area contributed by atoms with Crippen LogP contribution in [0.25, 0.3) is 11.3 Å². The van der Waals surface area contributed by atoms with Gasteiger partial charge in [0.2, 0.25) is 0 Å². The van der Waals surface area contributed by atoms with Gasteiger partial charge in [0.05, 0.1) is 11.8 Å². The van der Waals surface area contributed by atoms with Gasteiger partial charge in [0, 0.05) is 12.0 Å². The molecule has 0 saturated heterocycles. The Labute approximate surface area is 112 Å². The molecule has 0 spiro atoms. The fourth-order valence-corrected chi connectivity index (χ4v) is 2.40. The molecule has 98 valence electrons. The number of aryl methyl sites for hydroxylation is 1. The number of nitriles is 1. The fraction of sp³-hybridized carbons (Fsp3) is 0.333. The minimum atomic E-state index is 0.412. The molecular weight excluding hydrogens is 238 g/mol. The molecule has 0 atom stereocenters. The number of nitrogens with two attached hydrogens (primary N) is 1. The smallest absolute Gasteiger partial charge is 0.289 e. The number of aromatic nitrogens is 1. The molecule has 0 aromatic carbocycles. The lowest BCUT2D eigenvalue weighted by Gasteiger charge is -2.11. The lowest BCUT2D eigenvalue weighted by Crippen LogP contribution is -2.22. The van der Waals surface area contributed by atoms with Crippen molar-refractivity contribution in [2.24, 2.45) is 0 Å². The Morgan fingerprint density at radius 3 is 2.74 bits per heavy atom. The Bertz CT molecular complexity index is 609. The van der Waals surface area contributed by atoms with Crippen molar-refractivity contribution in [3.05, 3.63) is 35.2 Å². The molecule has 0 amide bonds. The fourth-order valence-electron chi connectivity index (χ4n) is 2.40. The van der Waals surface area contributed by atoms with Crippen molar-refractivity contribution in [2.75, 3.05) is 5.73 Å². The summed E-state index contributed by atoms with van der Waals surface area (Å²) >= 11 is 0. The van der Waals surface area contributed by atoms with Gasteiger partial charge in [-0.15, -0.1) is 0 Å². The third-order valence-electron chi connectivity index (χ3n) is 3.20. The summed E-state index contributed by atoms with van der Waals surface area (Å²) in [6, 6.07) is 5.87. The maximum atomic E-state index is 9.35. The van der Waals surface area contributed by atoms with E-state index in [-0.39, 0.29) is 0 Å². The lowest BCUT2D eigenvalue weighted by atomic mass is 9.95. The Balaban J connectivity index is 2.76. The molecule has 2 heterocycles. The van der Waals surface area contributed by atoms with Crippen LogP contribution in [0.5, 0.6) is 0 Å². The molecule has 4 nitrogen and oxygen atoms in total. The van der Waals surface area contributed by atoms with Crippen LogP contribution >= 0.6 is 0 Å². The lowest BCUT2D eigenvalue weighted by molar-refractivity contribution is -0.373. The van der Waals surface area contributed by atoms with Crippen LogP contribution in [0.15, 0.2) is 22.8 Å². The summed E-state index contributed by atoms with van der Waals surface area (Å²) in [5.74, 6) is 1.11. The first-order valence-electron chi connectivity index (χ1n) is 6.53. The molecule has 0 aliphatic rings. The number of hydrogen-bond donors (Lipinski definition) is 1. The van der Waals surface area contributed by atoms with E-state index >= 15 is 0 Å². The minimum absolute atomic E-state index is 0.412. The number of furan rings is 1. The second-order valence-corrected chi connectivity index (χ2v) is 4.44. The number of nitrogen functional groups attached to an aromatic ring is 1. The number of hydrogen-bond acceptors (Lipinski definition) is 3. The van der Waals surface area contributed by atoms with Crippen LogP contribution in [-0.2, 0) is 12.8 Å². The van der Waals surface area contributed by atoms with Crippen LogP contribution < -0.4 is 10.7 Å². The number of pyridine rings is 1. The molecule has 3 N–H and O–H groups in total. The van der Waals surface area contributed by atoms with Crippen LogP contribution in [0.4, 0.5) is 5.82 Å². The highest BCUT2D eigenvalue weighted by atomic mass is 16.3. The number of nitrogens with one attached hydrogen (secondary N) is 1. The van der Waals surface area contributed by atoms with E-state index in [1.165, 1.54) is 0 Å². The number of anilines is 1. The van der Waals surface area contributed by atoms with E-state index in [1.54, 1.807) is 6.26 Å². The van der Waals surface area contributed by atoms with Crippen molar-refractivity contribution >= 4 is 5.82 Å². The van der Waals surface area contributed by atoms with Crippen molar-refractivity contribution in [3.8, 4) is 17.4 Å². The quantitative estimate of drug-likeness (QED) is 0.913. The van der Waals surface area contributed by atoms with Crippen LogP contribution in [0.1, 0.15) is 37.1 Å². The summed E-state index contributed by atoms with van der Waals surface area (Å²) in [5.41, 5.74) is 9.47. The second kappa shape index (κ2) is 5.57. The molecule has 2 aromatic rings. The van der Waals surface area contributed by atoms with Crippen molar-refractivity contribution < 1.29 is 9.40 Å². The molecule has 0 aliphatic carbocycles. The topological polar surface area (TPSA) is 77.1 Å². The molecule has 0 saturated carbocycles. The summed E-state index contributed by atoms with van der Waals surface area (Å²) in [5, 5.41) is 9.35. The Hall–Kier alpha value is -2.28. The van der Waals surface area contributed by atoms with Gasteiger partial charge in [0.1, 0.15) is 17.5 Å². The van der Waals surface area contributed by atoms with Gasteiger partial charge in [-0.25, -0.2) is 4.98 Å². The van der Waals surface area contributed by atoms with Crippen molar-refractivity contribution in [1.82, 2.24) is 0 Å². The second-order valence-electron chi connectivity index (χ2n) is 4.44. The summed E-state index contributed by atoms with van der Waals surface area (Å²) in [7, 11) is 0. The average Bonchev–Trinajstić information content (AvgIpc) is 2.92. The van der Waals surface area contributed by atoms with E-state index in [4.69, 9.17) is 10.2 Å². The van der Waals surface area contributed by atoms with Gasteiger partial charge in [-0.2, -0.15) is 5.26 Å². The van der Waals surface area contributed by atoms with Gasteiger partial charge in [0.15, 0.2) is 5.56 Å². The normalized spacial score (nSPS) is 10.4. The highest BCUT2D eigenvalue weighted by Gasteiger charge is 2.23. The standard InChI is InChI=1S/C15H17N3O/c1-3-6-12-10(4-2)14(13-7-5-8-19-13)11(9-16)15(17)18-12/h5,7-8H,3-4,6H2,1-2H3,(H2,17,18)/p+1. The van der Waals surface area contributed by atoms with Gasteiger partial charge in [-0.3, -0.25) is 5.73 Å². The van der Waals surface area contributed by atoms with Gasteiger partial charge in [-0.05, 0) is 25.0 Å². The molecule has 2 rings (SSSR count). The molecule has 4 heteroatoms. The van der Waals surface area contributed by atoms with Crippen molar-refractivity contribution in [2.45, 2.75) is 33.1 Å². The third kappa shape index (κ3) is 2.32. The predicted molar refractivity (Wildman–Crippen MR) is 73.2 cm³/mol. The largest absolute Gasteiger partial charge is 0.464 e. The molecule has 0 fully saturated rings. The van der Waals surface area contributed by atoms with Crippen molar-refractivity contribution in [3.63, 3.8) is 0 Å². The summed E-state index contributed by atoms with van der Waals surface area (Å²) in [4.78, 5) is 3.16. The number of nitrogens with zero attached hydrogens (tertiary/aromatic N) is 1. The van der Waals surface area contributed by atoms with E-state index in [0.717, 1.165) is 36.1 Å². The van der Waals surface area contributed by atoms with Crippen LogP contribution in [0.3, 0.4) is 0 Å². The highest BCUT2D eigenvalue weighted by Crippen LogP contribution is 2.31. The van der Waals surface area contributed by atoms with Crippen LogP contribution in [0, 0.1) is 11.3 Å².